The highest BCUT2D eigenvalue weighted by Gasteiger charge is 2.30. The number of benzene rings is 1. The van der Waals surface area contributed by atoms with E-state index in [1.54, 1.807) is 6.07 Å². The minimum atomic E-state index is -0.280. The third kappa shape index (κ3) is 1.24. The second kappa shape index (κ2) is 3.78. The number of hydrogen-bond donors (Lipinski definition) is 1. The molecule has 0 saturated carbocycles. The predicted molar refractivity (Wildman–Crippen MR) is 68.3 cm³/mol. The van der Waals surface area contributed by atoms with Crippen molar-refractivity contribution in [3.8, 4) is 0 Å². The highest BCUT2D eigenvalue weighted by Crippen LogP contribution is 2.21. The molecular formula is C14H13NO3. The Morgan fingerprint density at radius 3 is 2.78 bits per heavy atom. The first kappa shape index (κ1) is 11.2. The van der Waals surface area contributed by atoms with E-state index >= 15 is 0 Å². The van der Waals surface area contributed by atoms with Gasteiger partial charge in [-0.15, -0.1) is 0 Å². The molecule has 1 unspecified atom stereocenters. The van der Waals surface area contributed by atoms with Gasteiger partial charge < -0.3 is 5.11 Å². The Balaban J connectivity index is 2.48. The second-order valence-corrected chi connectivity index (χ2v) is 4.57. The van der Waals surface area contributed by atoms with Crippen molar-refractivity contribution in [3.63, 3.8) is 0 Å². The van der Waals surface area contributed by atoms with Crippen molar-refractivity contribution in [1.82, 2.24) is 4.57 Å². The zero-order valence-corrected chi connectivity index (χ0v) is 10.0. The summed E-state index contributed by atoms with van der Waals surface area (Å²) in [6.45, 7) is 1.79. The summed E-state index contributed by atoms with van der Waals surface area (Å²) in [5, 5.41) is 10.6. The molecule has 1 N–H and O–H groups in total. The molecule has 1 aromatic heterocycles. The van der Waals surface area contributed by atoms with Gasteiger partial charge in [0.15, 0.2) is 0 Å². The van der Waals surface area contributed by atoms with Gasteiger partial charge in [-0.1, -0.05) is 19.1 Å². The van der Waals surface area contributed by atoms with Crippen molar-refractivity contribution in [2.75, 3.05) is 6.61 Å². The molecule has 1 aliphatic heterocycles. The lowest BCUT2D eigenvalue weighted by Gasteiger charge is -2.11. The van der Waals surface area contributed by atoms with Crippen LogP contribution in [0.5, 0.6) is 0 Å². The van der Waals surface area contributed by atoms with E-state index in [9.17, 15) is 14.7 Å². The predicted octanol–water partition coefficient (Wildman–Crippen LogP) is 0.543. The molecule has 1 aromatic carbocycles. The van der Waals surface area contributed by atoms with Crippen LogP contribution in [-0.4, -0.2) is 22.2 Å². The fraction of sp³-hybridized carbons (Fsp3) is 0.286. The number of aromatic nitrogens is 1. The topological polar surface area (TPSA) is 59.3 Å². The van der Waals surface area contributed by atoms with E-state index in [2.05, 4.69) is 0 Å². The summed E-state index contributed by atoms with van der Waals surface area (Å²) in [6, 6.07) is 7.25. The van der Waals surface area contributed by atoms with E-state index in [0.717, 1.165) is 5.39 Å². The van der Waals surface area contributed by atoms with Gasteiger partial charge in [0.25, 0.3) is 11.5 Å². The monoisotopic (exact) mass is 243 g/mol. The van der Waals surface area contributed by atoms with Gasteiger partial charge in [-0.2, -0.15) is 0 Å². The zero-order valence-electron chi connectivity index (χ0n) is 10.0. The molecular weight excluding hydrogens is 230 g/mol. The van der Waals surface area contributed by atoms with E-state index in [-0.39, 0.29) is 24.0 Å². The van der Waals surface area contributed by atoms with E-state index in [1.165, 1.54) is 4.57 Å². The first-order valence-corrected chi connectivity index (χ1v) is 6.03. The van der Waals surface area contributed by atoms with Crippen molar-refractivity contribution < 1.29 is 9.90 Å². The number of hydrogen-bond acceptors (Lipinski definition) is 3. The van der Waals surface area contributed by atoms with Crippen LogP contribution >= 0.6 is 0 Å². The molecule has 0 spiro atoms. The smallest absolute Gasteiger partial charge is 0.266 e. The third-order valence-electron chi connectivity index (χ3n) is 3.63. The molecule has 0 radical (unpaired) electrons. The molecule has 2 aromatic rings. The van der Waals surface area contributed by atoms with Gasteiger partial charge >= 0.3 is 0 Å². The maximum atomic E-state index is 12.3. The average Bonchev–Trinajstić information content (AvgIpc) is 2.58. The standard InChI is InChI=1S/C14H13NO3/c1-2-8(7-16)11-12-9-4-3-5-10(6-9)15(13(11)17)14(12)18/h3-6,8,16H,2,7H2,1H3. The minimum absolute atomic E-state index is 0.113. The van der Waals surface area contributed by atoms with Crippen LogP contribution in [0.25, 0.3) is 16.5 Å². The average molecular weight is 243 g/mol. The fourth-order valence-corrected chi connectivity index (χ4v) is 2.66. The number of aliphatic hydroxyl groups is 1. The summed E-state index contributed by atoms with van der Waals surface area (Å²) in [6.07, 6.45) is 0.637. The van der Waals surface area contributed by atoms with Crippen LogP contribution in [0.3, 0.4) is 0 Å². The first-order valence-electron chi connectivity index (χ1n) is 6.03. The maximum Gasteiger partial charge on any atom is 0.266 e. The Morgan fingerprint density at radius 1 is 1.33 bits per heavy atom. The van der Waals surface area contributed by atoms with Gasteiger partial charge in [0, 0.05) is 11.5 Å². The van der Waals surface area contributed by atoms with Gasteiger partial charge in [-0.25, -0.2) is 4.57 Å². The third-order valence-corrected chi connectivity index (χ3v) is 3.63. The summed E-state index contributed by atoms with van der Waals surface area (Å²) in [4.78, 5) is 24.5. The van der Waals surface area contributed by atoms with Crippen molar-refractivity contribution in [2.24, 2.45) is 5.92 Å². The lowest BCUT2D eigenvalue weighted by atomic mass is 9.95. The molecule has 4 bridgehead atoms. The molecule has 1 atom stereocenters. The van der Waals surface area contributed by atoms with Crippen LogP contribution in [0.1, 0.15) is 18.1 Å². The summed E-state index contributed by atoms with van der Waals surface area (Å²) in [5.74, 6) is -0.548. The zero-order chi connectivity index (χ0) is 12.9. The van der Waals surface area contributed by atoms with Crippen LogP contribution in [-0.2, 0) is 0 Å². The van der Waals surface area contributed by atoms with E-state index in [1.807, 2.05) is 25.1 Å². The molecule has 2 heterocycles. The second-order valence-electron chi connectivity index (χ2n) is 4.57. The summed E-state index contributed by atoms with van der Waals surface area (Å²) in [7, 11) is 0. The van der Waals surface area contributed by atoms with Crippen LogP contribution in [0.4, 0.5) is 0 Å². The Labute approximate surface area is 103 Å². The molecule has 18 heavy (non-hydrogen) atoms. The highest BCUT2D eigenvalue weighted by atomic mass is 16.3. The molecule has 92 valence electrons. The Bertz CT molecular complexity index is 753. The number of carbonyl (C=O) groups excluding carboxylic acids is 1. The highest BCUT2D eigenvalue weighted by molar-refractivity contribution is 6.20. The normalized spacial score (nSPS) is 15.7. The summed E-state index contributed by atoms with van der Waals surface area (Å²) >= 11 is 0. The van der Waals surface area contributed by atoms with Crippen molar-refractivity contribution in [3.05, 3.63) is 39.8 Å². The molecule has 1 aliphatic rings. The fourth-order valence-electron chi connectivity index (χ4n) is 2.66. The summed E-state index contributed by atoms with van der Waals surface area (Å²) < 4.78 is 1.20. The Kier molecular flexibility index (Phi) is 2.35. The number of aliphatic hydroxyl groups excluding tert-OH is 1. The molecule has 0 saturated heterocycles. The SMILES string of the molecule is CCC(CO)C1=c2c(=O)n(c3cccc2c3)C1=O. The lowest BCUT2D eigenvalue weighted by molar-refractivity contribution is 0.0970. The summed E-state index contributed by atoms with van der Waals surface area (Å²) in [5.41, 5.74) is 0.829. The van der Waals surface area contributed by atoms with Gasteiger partial charge in [0.1, 0.15) is 0 Å². The van der Waals surface area contributed by atoms with Gasteiger partial charge in [0.2, 0.25) is 0 Å². The molecule has 0 amide bonds. The Morgan fingerprint density at radius 2 is 2.11 bits per heavy atom. The van der Waals surface area contributed by atoms with Crippen LogP contribution in [0.2, 0.25) is 0 Å². The number of rotatable bonds is 3. The molecule has 3 rings (SSSR count). The lowest BCUT2D eigenvalue weighted by Crippen LogP contribution is -2.30. The molecule has 0 fully saturated rings. The van der Waals surface area contributed by atoms with Gasteiger partial charge in [0.05, 0.1) is 17.3 Å². The van der Waals surface area contributed by atoms with E-state index in [4.69, 9.17) is 0 Å². The van der Waals surface area contributed by atoms with Crippen LogP contribution in [0, 0.1) is 5.92 Å². The van der Waals surface area contributed by atoms with Crippen molar-refractivity contribution in [1.29, 1.82) is 0 Å². The van der Waals surface area contributed by atoms with Crippen molar-refractivity contribution >= 4 is 22.4 Å². The molecule has 4 heteroatoms. The number of nitrogens with zero attached hydrogens (tertiary/aromatic N) is 1. The number of pyridine rings is 1. The van der Waals surface area contributed by atoms with E-state index in [0.29, 0.717) is 22.7 Å². The van der Waals surface area contributed by atoms with Crippen molar-refractivity contribution in [2.45, 2.75) is 13.3 Å². The van der Waals surface area contributed by atoms with E-state index < -0.39 is 0 Å². The van der Waals surface area contributed by atoms with Gasteiger partial charge in [-0.3, -0.25) is 9.59 Å². The van der Waals surface area contributed by atoms with Crippen LogP contribution in [0.15, 0.2) is 29.1 Å². The minimum Gasteiger partial charge on any atom is -0.396 e. The van der Waals surface area contributed by atoms with Gasteiger partial charge in [-0.05, 0) is 23.9 Å². The first-order chi connectivity index (χ1) is 8.69. The number of carbonyl (C=O) groups is 1. The Hall–Kier alpha value is -1.94. The van der Waals surface area contributed by atoms with Crippen LogP contribution < -0.4 is 10.8 Å². The largest absolute Gasteiger partial charge is 0.396 e. The molecule has 4 nitrogen and oxygen atoms in total. The molecule has 0 aliphatic carbocycles. The quantitative estimate of drug-likeness (QED) is 0.856. The maximum absolute atomic E-state index is 12.3. The number of fused-ring (bicyclic) bond motifs is 6.